The van der Waals surface area contributed by atoms with Gasteiger partial charge in [-0.2, -0.15) is 0 Å². The maximum Gasteiger partial charge on any atom is 0.191 e. The summed E-state index contributed by atoms with van der Waals surface area (Å²) in [5.41, 5.74) is 7.62. The molecule has 3 rings (SSSR count). The number of likely N-dealkylation sites (tertiary alicyclic amines) is 2. The van der Waals surface area contributed by atoms with Gasteiger partial charge in [-0.1, -0.05) is 19.1 Å². The highest BCUT2D eigenvalue weighted by atomic mass is 16.5. The largest absolute Gasteiger partial charge is 0.497 e. The molecule has 5 heteroatoms. The van der Waals surface area contributed by atoms with Gasteiger partial charge in [0.2, 0.25) is 0 Å². The molecule has 0 saturated carbocycles. The second kappa shape index (κ2) is 8.56. The van der Waals surface area contributed by atoms with E-state index in [2.05, 4.69) is 28.9 Å². The Bertz CT molecular complexity index is 566. The van der Waals surface area contributed by atoms with E-state index in [1.54, 1.807) is 7.11 Å². The molecule has 2 heterocycles. The van der Waals surface area contributed by atoms with Crippen molar-refractivity contribution in [1.82, 2.24) is 9.80 Å². The lowest BCUT2D eigenvalue weighted by Crippen LogP contribution is -2.44. The molecular weight excluding hydrogens is 312 g/mol. The molecule has 2 aliphatic rings. The fourth-order valence-electron chi connectivity index (χ4n) is 3.99. The van der Waals surface area contributed by atoms with E-state index in [4.69, 9.17) is 15.5 Å². The molecule has 2 N–H and O–H groups in total. The van der Waals surface area contributed by atoms with E-state index in [-0.39, 0.29) is 0 Å². The quantitative estimate of drug-likeness (QED) is 0.659. The van der Waals surface area contributed by atoms with Crippen LogP contribution in [0.15, 0.2) is 29.3 Å². The Balaban J connectivity index is 1.71. The van der Waals surface area contributed by atoms with E-state index in [1.165, 1.54) is 31.2 Å². The molecule has 0 aliphatic carbocycles. The van der Waals surface area contributed by atoms with Crippen molar-refractivity contribution in [3.8, 4) is 5.75 Å². The molecule has 138 valence electrons. The van der Waals surface area contributed by atoms with Crippen molar-refractivity contribution in [1.29, 1.82) is 0 Å². The van der Waals surface area contributed by atoms with Gasteiger partial charge in [-0.05, 0) is 62.4 Å². The van der Waals surface area contributed by atoms with Crippen LogP contribution >= 0.6 is 0 Å². The van der Waals surface area contributed by atoms with Gasteiger partial charge in [0.1, 0.15) is 5.75 Å². The van der Waals surface area contributed by atoms with Crippen molar-refractivity contribution in [3.05, 3.63) is 29.8 Å². The van der Waals surface area contributed by atoms with E-state index >= 15 is 0 Å². The molecule has 1 aromatic carbocycles. The molecule has 2 unspecified atom stereocenters. The van der Waals surface area contributed by atoms with E-state index in [9.17, 15) is 0 Å². The van der Waals surface area contributed by atoms with Gasteiger partial charge in [0.25, 0.3) is 0 Å². The second-order valence-electron chi connectivity index (χ2n) is 7.42. The fourth-order valence-corrected chi connectivity index (χ4v) is 3.99. The number of benzene rings is 1. The molecule has 2 fully saturated rings. The van der Waals surface area contributed by atoms with Crippen LogP contribution in [0.2, 0.25) is 0 Å². The van der Waals surface area contributed by atoms with Crippen molar-refractivity contribution in [2.45, 2.75) is 38.6 Å². The second-order valence-corrected chi connectivity index (χ2v) is 7.42. The van der Waals surface area contributed by atoms with Crippen molar-refractivity contribution in [3.63, 3.8) is 0 Å². The molecule has 1 aromatic rings. The summed E-state index contributed by atoms with van der Waals surface area (Å²) in [7, 11) is 1.71. The highest BCUT2D eigenvalue weighted by Gasteiger charge is 2.24. The predicted octanol–water partition coefficient (Wildman–Crippen LogP) is 2.88. The summed E-state index contributed by atoms with van der Waals surface area (Å²) >= 11 is 0. The molecule has 25 heavy (non-hydrogen) atoms. The zero-order valence-corrected chi connectivity index (χ0v) is 15.7. The molecule has 0 aromatic heterocycles. The summed E-state index contributed by atoms with van der Waals surface area (Å²) in [5.74, 6) is 2.32. The number of hydrogen-bond acceptors (Lipinski definition) is 3. The van der Waals surface area contributed by atoms with Gasteiger partial charge in [0, 0.05) is 13.1 Å². The highest BCUT2D eigenvalue weighted by Crippen LogP contribution is 2.27. The average Bonchev–Trinajstić information content (AvgIpc) is 3.16. The minimum absolute atomic E-state index is 0.300. The number of piperidine rings is 1. The fraction of sp³-hybridized carbons (Fsp3) is 0.650. The summed E-state index contributed by atoms with van der Waals surface area (Å²) in [4.78, 5) is 9.59. The number of ether oxygens (including phenoxy) is 1. The van der Waals surface area contributed by atoms with Crippen molar-refractivity contribution < 1.29 is 4.74 Å². The summed E-state index contributed by atoms with van der Waals surface area (Å²) in [6.07, 6.45) is 5.06. The van der Waals surface area contributed by atoms with E-state index in [1.807, 2.05) is 12.1 Å². The van der Waals surface area contributed by atoms with Crippen LogP contribution in [-0.4, -0.2) is 55.6 Å². The Hall–Kier alpha value is -1.75. The van der Waals surface area contributed by atoms with Crippen LogP contribution in [0.5, 0.6) is 5.75 Å². The number of hydrogen-bond donors (Lipinski definition) is 1. The highest BCUT2D eigenvalue weighted by molar-refractivity contribution is 5.78. The maximum absolute atomic E-state index is 6.32. The first kappa shape index (κ1) is 18.1. The van der Waals surface area contributed by atoms with Crippen LogP contribution < -0.4 is 10.5 Å². The van der Waals surface area contributed by atoms with E-state index in [0.29, 0.717) is 17.9 Å². The van der Waals surface area contributed by atoms with Crippen LogP contribution in [0, 0.1) is 5.92 Å². The van der Waals surface area contributed by atoms with Crippen LogP contribution in [0.1, 0.15) is 44.2 Å². The lowest BCUT2D eigenvalue weighted by atomic mass is 10.0. The summed E-state index contributed by atoms with van der Waals surface area (Å²) < 4.78 is 5.29. The molecule has 0 spiro atoms. The zero-order valence-electron chi connectivity index (χ0n) is 15.7. The smallest absolute Gasteiger partial charge is 0.191 e. The van der Waals surface area contributed by atoms with Gasteiger partial charge in [-0.3, -0.25) is 9.89 Å². The number of nitrogens with two attached hydrogens (primary N) is 1. The number of aliphatic imine (C=N–C) groups is 1. The minimum atomic E-state index is 0.300. The molecule has 2 atom stereocenters. The Labute approximate surface area is 151 Å². The van der Waals surface area contributed by atoms with E-state index < -0.39 is 0 Å². The molecule has 0 radical (unpaired) electrons. The number of guanidine groups is 1. The molecule has 2 saturated heterocycles. The Morgan fingerprint density at radius 2 is 1.92 bits per heavy atom. The molecule has 2 aliphatic heterocycles. The van der Waals surface area contributed by atoms with Gasteiger partial charge >= 0.3 is 0 Å². The third-order valence-corrected chi connectivity index (χ3v) is 5.49. The molecule has 5 nitrogen and oxygen atoms in total. The lowest BCUT2D eigenvalue weighted by molar-refractivity contribution is 0.247. The number of methoxy groups -OCH3 is 1. The lowest BCUT2D eigenvalue weighted by Gasteiger charge is -2.32. The van der Waals surface area contributed by atoms with Crippen LogP contribution in [0.3, 0.4) is 0 Å². The van der Waals surface area contributed by atoms with Gasteiger partial charge in [0.15, 0.2) is 5.96 Å². The number of rotatable bonds is 5. The first-order valence-electron chi connectivity index (χ1n) is 9.60. The van der Waals surface area contributed by atoms with Crippen LogP contribution in [0.25, 0.3) is 0 Å². The topological polar surface area (TPSA) is 54.1 Å². The maximum atomic E-state index is 6.32. The average molecular weight is 345 g/mol. The third kappa shape index (κ3) is 4.66. The van der Waals surface area contributed by atoms with E-state index in [0.717, 1.165) is 38.5 Å². The first-order valence-corrected chi connectivity index (χ1v) is 9.60. The molecular formula is C20H32N4O. The molecule has 0 bridgehead atoms. The van der Waals surface area contributed by atoms with Gasteiger partial charge in [-0.15, -0.1) is 0 Å². The first-order chi connectivity index (χ1) is 12.2. The molecule has 0 amide bonds. The van der Waals surface area contributed by atoms with Gasteiger partial charge < -0.3 is 15.4 Å². The van der Waals surface area contributed by atoms with Crippen molar-refractivity contribution in [2.24, 2.45) is 16.6 Å². The normalized spacial score (nSPS) is 23.7. The number of nitrogens with zero attached hydrogens (tertiary/aromatic N) is 3. The third-order valence-electron chi connectivity index (χ3n) is 5.49. The van der Waals surface area contributed by atoms with Crippen LogP contribution in [-0.2, 0) is 0 Å². The zero-order chi connectivity index (χ0) is 17.6. The Morgan fingerprint density at radius 1 is 1.20 bits per heavy atom. The predicted molar refractivity (Wildman–Crippen MR) is 103 cm³/mol. The minimum Gasteiger partial charge on any atom is -0.497 e. The summed E-state index contributed by atoms with van der Waals surface area (Å²) in [6.45, 7) is 7.38. The monoisotopic (exact) mass is 344 g/mol. The van der Waals surface area contributed by atoms with Crippen molar-refractivity contribution in [2.75, 3.05) is 39.8 Å². The summed E-state index contributed by atoms with van der Waals surface area (Å²) in [6, 6.07) is 8.71. The SMILES string of the molecule is COc1ccc(C(CN=C(N)N2CCCC(C)C2)N2CCCC2)cc1. The standard InChI is InChI=1S/C20H32N4O/c1-16-6-5-13-24(15-16)20(21)22-14-19(23-11-3-4-12-23)17-7-9-18(25-2)10-8-17/h7-10,16,19H,3-6,11-15H2,1-2H3,(H2,21,22). The van der Waals surface area contributed by atoms with Crippen LogP contribution in [0.4, 0.5) is 0 Å². The van der Waals surface area contributed by atoms with Gasteiger partial charge in [-0.25, -0.2) is 0 Å². The Kier molecular flexibility index (Phi) is 6.19. The van der Waals surface area contributed by atoms with Crippen molar-refractivity contribution >= 4 is 5.96 Å². The van der Waals surface area contributed by atoms with Gasteiger partial charge in [0.05, 0.1) is 19.7 Å². The Morgan fingerprint density at radius 3 is 2.56 bits per heavy atom. The summed E-state index contributed by atoms with van der Waals surface area (Å²) in [5, 5.41) is 0.